The highest BCUT2D eigenvalue weighted by Gasteiger charge is 2.34. The molecule has 1 saturated heterocycles. The Labute approximate surface area is 160 Å². The van der Waals surface area contributed by atoms with Crippen LogP contribution in [-0.4, -0.2) is 27.5 Å². The van der Waals surface area contributed by atoms with E-state index in [-0.39, 0.29) is 24.2 Å². The van der Waals surface area contributed by atoms with Crippen molar-refractivity contribution in [2.75, 3.05) is 6.54 Å². The molecule has 1 fully saturated rings. The molecule has 1 atom stereocenters. The minimum absolute atomic E-state index is 0.0402. The molecule has 7 heteroatoms. The van der Waals surface area contributed by atoms with Crippen LogP contribution in [0.1, 0.15) is 30.3 Å². The van der Waals surface area contributed by atoms with Crippen LogP contribution < -0.4 is 0 Å². The van der Waals surface area contributed by atoms with Crippen LogP contribution in [-0.2, 0) is 11.2 Å². The lowest BCUT2D eigenvalue weighted by Gasteiger charge is -2.21. The van der Waals surface area contributed by atoms with Crippen molar-refractivity contribution >= 4 is 17.5 Å². The van der Waals surface area contributed by atoms with Crippen LogP contribution in [0.25, 0.3) is 11.4 Å². The Balaban J connectivity index is 1.52. The molecule has 138 valence electrons. The Kier molecular flexibility index (Phi) is 4.90. The van der Waals surface area contributed by atoms with E-state index in [0.29, 0.717) is 28.8 Å². The molecule has 0 radical (unpaired) electrons. The Morgan fingerprint density at radius 1 is 1.22 bits per heavy atom. The number of carbonyl (C=O) groups is 1. The summed E-state index contributed by atoms with van der Waals surface area (Å²) in [5, 5.41) is 4.57. The summed E-state index contributed by atoms with van der Waals surface area (Å²) in [7, 11) is 0. The van der Waals surface area contributed by atoms with E-state index in [0.717, 1.165) is 18.4 Å². The predicted octanol–water partition coefficient (Wildman–Crippen LogP) is 4.44. The number of likely N-dealkylation sites (tertiary alicyclic amines) is 1. The van der Waals surface area contributed by atoms with Gasteiger partial charge < -0.3 is 9.42 Å². The number of amides is 1. The van der Waals surface area contributed by atoms with Gasteiger partial charge in [-0.3, -0.25) is 4.79 Å². The summed E-state index contributed by atoms with van der Waals surface area (Å²) in [5.41, 5.74) is 1.46. The lowest BCUT2D eigenvalue weighted by molar-refractivity contribution is -0.131. The largest absolute Gasteiger partial charge is 0.337 e. The summed E-state index contributed by atoms with van der Waals surface area (Å²) in [4.78, 5) is 19.0. The van der Waals surface area contributed by atoms with E-state index in [1.54, 1.807) is 23.1 Å². The molecule has 0 saturated carbocycles. The first kappa shape index (κ1) is 17.7. The van der Waals surface area contributed by atoms with E-state index >= 15 is 0 Å². The third-order valence-electron chi connectivity index (χ3n) is 4.68. The molecule has 2 heterocycles. The summed E-state index contributed by atoms with van der Waals surface area (Å²) in [5.74, 6) is 0.466. The predicted molar refractivity (Wildman–Crippen MR) is 98.5 cm³/mol. The molecule has 2 aromatic carbocycles. The molecule has 0 spiro atoms. The summed E-state index contributed by atoms with van der Waals surface area (Å²) in [6.45, 7) is 0.633. The van der Waals surface area contributed by atoms with Gasteiger partial charge >= 0.3 is 0 Å². The van der Waals surface area contributed by atoms with Crippen molar-refractivity contribution in [1.29, 1.82) is 0 Å². The van der Waals surface area contributed by atoms with Gasteiger partial charge in [0.1, 0.15) is 11.9 Å². The minimum atomic E-state index is -0.316. The molecular weight excluding hydrogens is 369 g/mol. The van der Waals surface area contributed by atoms with E-state index in [1.165, 1.54) is 12.1 Å². The number of benzene rings is 2. The maximum Gasteiger partial charge on any atom is 0.249 e. The third-order valence-corrected chi connectivity index (χ3v) is 5.01. The van der Waals surface area contributed by atoms with Crippen LogP contribution in [0, 0.1) is 5.82 Å². The molecule has 0 aliphatic carbocycles. The van der Waals surface area contributed by atoms with Gasteiger partial charge in [-0.25, -0.2) is 4.39 Å². The fourth-order valence-corrected chi connectivity index (χ4v) is 3.54. The molecule has 0 bridgehead atoms. The quantitative estimate of drug-likeness (QED) is 0.666. The molecule has 0 N–H and O–H groups in total. The average Bonchev–Trinajstić information content (AvgIpc) is 3.33. The molecule has 1 aliphatic heterocycles. The zero-order valence-electron chi connectivity index (χ0n) is 14.4. The van der Waals surface area contributed by atoms with Gasteiger partial charge in [-0.2, -0.15) is 4.98 Å². The minimum Gasteiger partial charge on any atom is -0.337 e. The Bertz CT molecular complexity index is 958. The fourth-order valence-electron chi connectivity index (χ4n) is 3.32. The van der Waals surface area contributed by atoms with E-state index in [4.69, 9.17) is 16.1 Å². The number of rotatable bonds is 4. The van der Waals surface area contributed by atoms with Crippen LogP contribution in [0.4, 0.5) is 4.39 Å². The smallest absolute Gasteiger partial charge is 0.249 e. The Morgan fingerprint density at radius 2 is 2.00 bits per heavy atom. The Hall–Kier alpha value is -2.73. The van der Waals surface area contributed by atoms with Gasteiger partial charge in [0, 0.05) is 12.1 Å². The van der Waals surface area contributed by atoms with Crippen LogP contribution >= 0.6 is 11.6 Å². The summed E-state index contributed by atoms with van der Waals surface area (Å²) in [6, 6.07) is 13.0. The van der Waals surface area contributed by atoms with E-state index in [2.05, 4.69) is 10.1 Å². The van der Waals surface area contributed by atoms with E-state index < -0.39 is 0 Å². The lowest BCUT2D eigenvalue weighted by atomic mass is 10.1. The monoisotopic (exact) mass is 385 g/mol. The zero-order chi connectivity index (χ0) is 18.8. The van der Waals surface area contributed by atoms with Crippen molar-refractivity contribution in [2.24, 2.45) is 0 Å². The van der Waals surface area contributed by atoms with Crippen molar-refractivity contribution in [1.82, 2.24) is 15.0 Å². The standard InChI is InChI=1S/C20H17ClFN3O2/c21-16-5-2-1-4-15(16)19-23-20(27-24-19)17-6-3-11-25(17)18(26)12-13-7-9-14(22)10-8-13/h1-2,4-5,7-10,17H,3,6,11-12H2/t17-/m0/s1. The van der Waals surface area contributed by atoms with Gasteiger partial charge in [-0.1, -0.05) is 41.0 Å². The number of hydrogen-bond acceptors (Lipinski definition) is 4. The number of halogens is 2. The SMILES string of the molecule is O=C(Cc1ccc(F)cc1)N1CCC[C@H]1c1nc(-c2ccccc2Cl)no1. The molecule has 3 aromatic rings. The summed E-state index contributed by atoms with van der Waals surface area (Å²) < 4.78 is 18.5. The Morgan fingerprint density at radius 3 is 2.78 bits per heavy atom. The van der Waals surface area contributed by atoms with Gasteiger partial charge in [0.15, 0.2) is 0 Å². The highest BCUT2D eigenvalue weighted by atomic mass is 35.5. The molecule has 4 rings (SSSR count). The molecule has 5 nitrogen and oxygen atoms in total. The summed E-state index contributed by atoms with van der Waals surface area (Å²) >= 11 is 6.20. The summed E-state index contributed by atoms with van der Waals surface area (Å²) in [6.07, 6.45) is 1.84. The van der Waals surface area contributed by atoms with Crippen molar-refractivity contribution in [2.45, 2.75) is 25.3 Å². The first-order valence-electron chi connectivity index (χ1n) is 8.74. The van der Waals surface area contributed by atoms with Gasteiger partial charge in [-0.05, 0) is 42.7 Å². The zero-order valence-corrected chi connectivity index (χ0v) is 15.2. The van der Waals surface area contributed by atoms with Crippen molar-refractivity contribution < 1.29 is 13.7 Å². The van der Waals surface area contributed by atoms with Gasteiger partial charge in [0.05, 0.1) is 11.4 Å². The second kappa shape index (κ2) is 7.48. The molecule has 1 amide bonds. The average molecular weight is 386 g/mol. The molecule has 0 unspecified atom stereocenters. The number of hydrogen-bond donors (Lipinski definition) is 0. The second-order valence-corrected chi connectivity index (χ2v) is 6.89. The topological polar surface area (TPSA) is 59.2 Å². The first-order valence-corrected chi connectivity index (χ1v) is 9.12. The highest BCUT2D eigenvalue weighted by Crippen LogP contribution is 2.33. The van der Waals surface area contributed by atoms with Crippen LogP contribution in [0.15, 0.2) is 53.1 Å². The van der Waals surface area contributed by atoms with Gasteiger partial charge in [0.25, 0.3) is 0 Å². The normalized spacial score (nSPS) is 16.7. The van der Waals surface area contributed by atoms with Crippen molar-refractivity contribution in [3.05, 3.63) is 70.8 Å². The molecule has 27 heavy (non-hydrogen) atoms. The van der Waals surface area contributed by atoms with Crippen LogP contribution in [0.5, 0.6) is 0 Å². The lowest BCUT2D eigenvalue weighted by Crippen LogP contribution is -2.32. The van der Waals surface area contributed by atoms with Crippen LogP contribution in [0.2, 0.25) is 5.02 Å². The maximum absolute atomic E-state index is 13.0. The number of carbonyl (C=O) groups excluding carboxylic acids is 1. The van der Waals surface area contributed by atoms with E-state index in [1.807, 2.05) is 18.2 Å². The second-order valence-electron chi connectivity index (χ2n) is 6.48. The highest BCUT2D eigenvalue weighted by molar-refractivity contribution is 6.33. The fraction of sp³-hybridized carbons (Fsp3) is 0.250. The third kappa shape index (κ3) is 3.71. The van der Waals surface area contributed by atoms with Gasteiger partial charge in [0.2, 0.25) is 17.6 Å². The van der Waals surface area contributed by atoms with E-state index in [9.17, 15) is 9.18 Å². The van der Waals surface area contributed by atoms with Gasteiger partial charge in [-0.15, -0.1) is 0 Å². The first-order chi connectivity index (χ1) is 13.1. The molecule has 1 aliphatic rings. The molecular formula is C20H17ClFN3O2. The van der Waals surface area contributed by atoms with Crippen molar-refractivity contribution in [3.8, 4) is 11.4 Å². The molecule has 1 aromatic heterocycles. The maximum atomic E-state index is 13.0. The van der Waals surface area contributed by atoms with Crippen molar-refractivity contribution in [3.63, 3.8) is 0 Å². The van der Waals surface area contributed by atoms with Crippen LogP contribution in [0.3, 0.4) is 0 Å². The number of nitrogens with zero attached hydrogens (tertiary/aromatic N) is 3. The number of aromatic nitrogens is 2.